The highest BCUT2D eigenvalue weighted by Crippen LogP contribution is 2.23. The van der Waals surface area contributed by atoms with Crippen LogP contribution in [-0.4, -0.2) is 0 Å². The van der Waals surface area contributed by atoms with E-state index in [2.05, 4.69) is 62.4 Å². The molecule has 0 atom stereocenters. The van der Waals surface area contributed by atoms with Gasteiger partial charge in [-0.25, -0.2) is 0 Å². The molecule has 1 aliphatic carbocycles. The van der Waals surface area contributed by atoms with Gasteiger partial charge in [0, 0.05) is 0 Å². The number of aryl methyl sites for hydroxylation is 1. The second-order valence-corrected chi connectivity index (χ2v) is 4.53. The molecular weight excluding hydrogens is 204 g/mol. The molecule has 1 aromatic carbocycles. The monoisotopic (exact) mass is 224 g/mol. The molecule has 17 heavy (non-hydrogen) atoms. The van der Waals surface area contributed by atoms with Crippen LogP contribution in [0.1, 0.15) is 37.3 Å². The molecule has 0 saturated carbocycles. The van der Waals surface area contributed by atoms with Crippen LogP contribution in [0.2, 0.25) is 0 Å². The lowest BCUT2D eigenvalue weighted by Gasteiger charge is -2.11. The molecule has 0 nitrogen and oxygen atoms in total. The largest absolute Gasteiger partial charge is 0.0839 e. The van der Waals surface area contributed by atoms with E-state index in [0.29, 0.717) is 0 Å². The van der Waals surface area contributed by atoms with Gasteiger partial charge >= 0.3 is 0 Å². The van der Waals surface area contributed by atoms with Gasteiger partial charge in [-0.3, -0.25) is 0 Å². The van der Waals surface area contributed by atoms with E-state index in [4.69, 9.17) is 0 Å². The fourth-order valence-electron chi connectivity index (χ4n) is 2.23. The molecule has 0 unspecified atom stereocenters. The first-order valence-corrected chi connectivity index (χ1v) is 6.43. The molecule has 0 saturated heterocycles. The smallest absolute Gasteiger partial charge is 0.0227 e. The van der Waals surface area contributed by atoms with Crippen LogP contribution in [0.15, 0.2) is 53.6 Å². The van der Waals surface area contributed by atoms with Gasteiger partial charge in [0.15, 0.2) is 0 Å². The van der Waals surface area contributed by atoms with Crippen LogP contribution in [0.3, 0.4) is 0 Å². The van der Waals surface area contributed by atoms with Gasteiger partial charge in [-0.15, -0.1) is 0 Å². The molecule has 0 radical (unpaired) electrons. The van der Waals surface area contributed by atoms with Crippen molar-refractivity contribution < 1.29 is 0 Å². The Balaban J connectivity index is 2.23. The van der Waals surface area contributed by atoms with Gasteiger partial charge < -0.3 is 0 Å². The molecule has 0 N–H and O–H groups in total. The van der Waals surface area contributed by atoms with Crippen LogP contribution < -0.4 is 0 Å². The third-order valence-corrected chi connectivity index (χ3v) is 3.35. The zero-order chi connectivity index (χ0) is 12.1. The summed E-state index contributed by atoms with van der Waals surface area (Å²) in [7, 11) is 0. The summed E-state index contributed by atoms with van der Waals surface area (Å²) in [6.07, 6.45) is 12.6. The predicted octanol–water partition coefficient (Wildman–Crippen LogP) is 5.06. The van der Waals surface area contributed by atoms with Gasteiger partial charge in [-0.2, -0.15) is 0 Å². The zero-order valence-electron chi connectivity index (χ0n) is 10.7. The van der Waals surface area contributed by atoms with E-state index in [1.165, 1.54) is 35.1 Å². The van der Waals surface area contributed by atoms with Crippen LogP contribution in [0, 0.1) is 6.92 Å². The van der Waals surface area contributed by atoms with Crippen molar-refractivity contribution in [3.05, 3.63) is 64.8 Å². The van der Waals surface area contributed by atoms with Crippen LogP contribution in [0.4, 0.5) is 0 Å². The Labute approximate surface area is 104 Å². The second-order valence-electron chi connectivity index (χ2n) is 4.53. The molecule has 0 spiro atoms. The van der Waals surface area contributed by atoms with Crippen molar-refractivity contribution in [2.24, 2.45) is 0 Å². The topological polar surface area (TPSA) is 0 Å². The quantitative estimate of drug-likeness (QED) is 0.672. The molecule has 0 aromatic heterocycles. The van der Waals surface area contributed by atoms with E-state index in [0.717, 1.165) is 6.42 Å². The first kappa shape index (κ1) is 11.9. The van der Waals surface area contributed by atoms with Gasteiger partial charge in [-0.1, -0.05) is 55.5 Å². The standard InChI is InChI=1S/C17H20/c1-3-15-9-6-7-11-17(15)13-12-16-10-5-4-8-14(16)2/h4-6,8-10,12-13H,3,7,11H2,1-2H3/b13-12-. The summed E-state index contributed by atoms with van der Waals surface area (Å²) < 4.78 is 0. The number of hydrogen-bond donors (Lipinski definition) is 0. The second kappa shape index (κ2) is 5.67. The SMILES string of the molecule is CCC1=C(/C=C\c2ccccc2C)CCC=C1. The maximum Gasteiger partial charge on any atom is -0.0227 e. The van der Waals surface area contributed by atoms with Crippen LogP contribution in [0.5, 0.6) is 0 Å². The number of hydrogen-bond acceptors (Lipinski definition) is 0. The predicted molar refractivity (Wildman–Crippen MR) is 75.9 cm³/mol. The van der Waals surface area contributed by atoms with E-state index in [-0.39, 0.29) is 0 Å². The van der Waals surface area contributed by atoms with Gasteiger partial charge in [0.2, 0.25) is 0 Å². The minimum absolute atomic E-state index is 1.13. The molecule has 0 heterocycles. The van der Waals surface area contributed by atoms with Crippen molar-refractivity contribution in [1.29, 1.82) is 0 Å². The van der Waals surface area contributed by atoms with E-state index >= 15 is 0 Å². The maximum atomic E-state index is 2.30. The van der Waals surface area contributed by atoms with Gasteiger partial charge in [0.25, 0.3) is 0 Å². The third-order valence-electron chi connectivity index (χ3n) is 3.35. The summed E-state index contributed by atoms with van der Waals surface area (Å²) in [6.45, 7) is 4.39. The zero-order valence-corrected chi connectivity index (χ0v) is 10.7. The van der Waals surface area contributed by atoms with E-state index < -0.39 is 0 Å². The number of benzene rings is 1. The lowest BCUT2D eigenvalue weighted by Crippen LogP contribution is -1.91. The Morgan fingerprint density at radius 2 is 2.00 bits per heavy atom. The van der Waals surface area contributed by atoms with E-state index in [9.17, 15) is 0 Å². The van der Waals surface area contributed by atoms with Gasteiger partial charge in [0.05, 0.1) is 0 Å². The fraction of sp³-hybridized carbons (Fsp3) is 0.294. The Bertz CT molecular complexity index is 473. The number of allylic oxidation sites excluding steroid dienone is 5. The molecule has 0 fully saturated rings. The van der Waals surface area contributed by atoms with Crippen molar-refractivity contribution in [3.8, 4) is 0 Å². The Morgan fingerprint density at radius 1 is 1.18 bits per heavy atom. The van der Waals surface area contributed by atoms with Crippen LogP contribution in [-0.2, 0) is 0 Å². The molecule has 2 rings (SSSR count). The van der Waals surface area contributed by atoms with Crippen molar-refractivity contribution >= 4 is 6.08 Å². The highest BCUT2D eigenvalue weighted by atomic mass is 14.1. The Morgan fingerprint density at radius 3 is 2.76 bits per heavy atom. The highest BCUT2D eigenvalue weighted by molar-refractivity contribution is 5.57. The summed E-state index contributed by atoms with van der Waals surface area (Å²) in [5.41, 5.74) is 5.65. The fourth-order valence-corrected chi connectivity index (χ4v) is 2.23. The van der Waals surface area contributed by atoms with Crippen molar-refractivity contribution in [2.45, 2.75) is 33.1 Å². The van der Waals surface area contributed by atoms with Crippen molar-refractivity contribution in [2.75, 3.05) is 0 Å². The first-order valence-electron chi connectivity index (χ1n) is 6.43. The van der Waals surface area contributed by atoms with Crippen LogP contribution in [0.25, 0.3) is 6.08 Å². The summed E-state index contributed by atoms with van der Waals surface area (Å²) in [4.78, 5) is 0. The summed E-state index contributed by atoms with van der Waals surface area (Å²) in [5.74, 6) is 0. The van der Waals surface area contributed by atoms with Crippen LogP contribution >= 0.6 is 0 Å². The summed E-state index contributed by atoms with van der Waals surface area (Å²) in [5, 5.41) is 0. The lowest BCUT2D eigenvalue weighted by atomic mass is 9.95. The van der Waals surface area contributed by atoms with Gasteiger partial charge in [0.1, 0.15) is 0 Å². The normalized spacial score (nSPS) is 15.9. The minimum atomic E-state index is 1.13. The molecule has 88 valence electrons. The average molecular weight is 224 g/mol. The molecule has 0 heteroatoms. The minimum Gasteiger partial charge on any atom is -0.0839 e. The summed E-state index contributed by atoms with van der Waals surface area (Å²) >= 11 is 0. The van der Waals surface area contributed by atoms with Crippen molar-refractivity contribution in [3.63, 3.8) is 0 Å². The molecule has 0 aliphatic heterocycles. The van der Waals surface area contributed by atoms with Gasteiger partial charge in [-0.05, 0) is 48.5 Å². The average Bonchev–Trinajstić information content (AvgIpc) is 2.38. The lowest BCUT2D eigenvalue weighted by molar-refractivity contribution is 0.941. The third kappa shape index (κ3) is 2.97. The Hall–Kier alpha value is -1.56. The Kier molecular flexibility index (Phi) is 3.98. The van der Waals surface area contributed by atoms with E-state index in [1.807, 2.05) is 0 Å². The molecular formula is C17H20. The number of rotatable bonds is 3. The summed E-state index contributed by atoms with van der Waals surface area (Å²) in [6, 6.07) is 8.53. The highest BCUT2D eigenvalue weighted by Gasteiger charge is 2.03. The van der Waals surface area contributed by atoms with E-state index in [1.54, 1.807) is 0 Å². The molecule has 1 aromatic rings. The maximum absolute atomic E-state index is 2.30. The molecule has 0 amide bonds. The van der Waals surface area contributed by atoms with Crippen molar-refractivity contribution in [1.82, 2.24) is 0 Å². The first-order chi connectivity index (χ1) is 8.31. The molecule has 1 aliphatic rings. The molecule has 0 bridgehead atoms.